The number of nitriles is 3. The zero-order valence-electron chi connectivity index (χ0n) is 16.2. The van der Waals surface area contributed by atoms with E-state index in [2.05, 4.69) is 52.3 Å². The first kappa shape index (κ1) is 20.0. The van der Waals surface area contributed by atoms with Crippen LogP contribution in [-0.4, -0.2) is 0 Å². The van der Waals surface area contributed by atoms with Crippen molar-refractivity contribution >= 4 is 15.9 Å². The van der Waals surface area contributed by atoms with Gasteiger partial charge in [-0.2, -0.15) is 15.8 Å². The lowest BCUT2D eigenvalue weighted by Gasteiger charge is -2.45. The lowest BCUT2D eigenvalue weighted by atomic mass is 9.55. The van der Waals surface area contributed by atoms with Crippen molar-refractivity contribution in [3.8, 4) is 18.2 Å². The van der Waals surface area contributed by atoms with E-state index >= 15 is 0 Å². The van der Waals surface area contributed by atoms with Crippen molar-refractivity contribution in [3.63, 3.8) is 0 Å². The lowest BCUT2D eigenvalue weighted by molar-refractivity contribution is 0.303. The zero-order valence-corrected chi connectivity index (χ0v) is 17.8. The van der Waals surface area contributed by atoms with Crippen molar-refractivity contribution in [2.45, 2.75) is 24.7 Å². The molecule has 0 bridgehead atoms. The Morgan fingerprint density at radius 2 is 1.60 bits per heavy atom. The SMILES string of the molecule is N#CC1=C(N)C(C#N)(C#N)C(c2ccc(Br)cc2)C2CC(c3ccccc3)CC=C12. The quantitative estimate of drug-likeness (QED) is 0.652. The van der Waals surface area contributed by atoms with Crippen LogP contribution in [0.2, 0.25) is 0 Å². The standard InChI is InChI=1S/C25H19BrN4/c26-19-9-6-17(7-10-19)23-21-12-18(16-4-2-1-3-5-16)8-11-20(21)22(13-27)24(30)25(23,14-28)15-29/h1-7,9-11,18,21,23H,8,12,30H2. The molecule has 3 unspecified atom stereocenters. The van der Waals surface area contributed by atoms with Gasteiger partial charge in [-0.05, 0) is 53.5 Å². The smallest absolute Gasteiger partial charge is 0.191 e. The second kappa shape index (κ2) is 7.83. The zero-order chi connectivity index (χ0) is 21.3. The second-order valence-corrected chi connectivity index (χ2v) is 8.72. The molecule has 0 saturated heterocycles. The summed E-state index contributed by atoms with van der Waals surface area (Å²) >= 11 is 3.46. The minimum absolute atomic E-state index is 0.0728. The van der Waals surface area contributed by atoms with Crippen LogP contribution in [0.3, 0.4) is 0 Å². The number of nitrogens with zero attached hydrogens (tertiary/aromatic N) is 3. The topological polar surface area (TPSA) is 97.4 Å². The highest BCUT2D eigenvalue weighted by Crippen LogP contribution is 2.57. The van der Waals surface area contributed by atoms with Crippen LogP contribution in [0.15, 0.2) is 82.0 Å². The van der Waals surface area contributed by atoms with E-state index in [0.29, 0.717) is 5.57 Å². The second-order valence-electron chi connectivity index (χ2n) is 7.81. The van der Waals surface area contributed by atoms with E-state index in [1.54, 1.807) is 0 Å². The monoisotopic (exact) mass is 454 g/mol. The van der Waals surface area contributed by atoms with Gasteiger partial charge in [-0.1, -0.05) is 64.5 Å². The van der Waals surface area contributed by atoms with Crippen LogP contribution < -0.4 is 5.73 Å². The molecule has 0 saturated carbocycles. The summed E-state index contributed by atoms with van der Waals surface area (Å²) in [6, 6.07) is 24.5. The van der Waals surface area contributed by atoms with Gasteiger partial charge in [-0.15, -0.1) is 0 Å². The lowest BCUT2D eigenvalue weighted by Crippen LogP contribution is -2.43. The van der Waals surface area contributed by atoms with Crippen LogP contribution in [0.25, 0.3) is 0 Å². The molecule has 4 rings (SSSR count). The molecule has 0 heterocycles. The summed E-state index contributed by atoms with van der Waals surface area (Å²) in [6.07, 6.45) is 3.63. The number of hydrogen-bond acceptors (Lipinski definition) is 4. The number of hydrogen-bond donors (Lipinski definition) is 1. The Labute approximate surface area is 184 Å². The fourth-order valence-corrected chi connectivity index (χ4v) is 5.20. The number of benzene rings is 2. The van der Waals surface area contributed by atoms with E-state index in [-0.39, 0.29) is 17.5 Å². The van der Waals surface area contributed by atoms with Gasteiger partial charge in [-0.3, -0.25) is 0 Å². The Balaban J connectivity index is 1.93. The molecule has 3 atom stereocenters. The van der Waals surface area contributed by atoms with E-state index in [4.69, 9.17) is 5.73 Å². The Hall–Kier alpha value is -3.33. The molecular weight excluding hydrogens is 436 g/mol. The number of fused-ring (bicyclic) bond motifs is 1. The third-order valence-electron chi connectivity index (χ3n) is 6.38. The molecule has 0 aliphatic heterocycles. The van der Waals surface area contributed by atoms with Crippen LogP contribution in [0.5, 0.6) is 0 Å². The van der Waals surface area contributed by atoms with Gasteiger partial charge in [0, 0.05) is 10.4 Å². The van der Waals surface area contributed by atoms with Crippen LogP contribution in [0, 0.1) is 45.3 Å². The summed E-state index contributed by atoms with van der Waals surface area (Å²) in [5.74, 6) is -0.339. The fourth-order valence-electron chi connectivity index (χ4n) is 4.93. The number of rotatable bonds is 2. The average molecular weight is 455 g/mol. The van der Waals surface area contributed by atoms with Crippen molar-refractivity contribution in [1.29, 1.82) is 15.8 Å². The van der Waals surface area contributed by atoms with Gasteiger partial charge in [0.1, 0.15) is 6.07 Å². The first-order valence-corrected chi connectivity index (χ1v) is 10.6. The molecule has 2 aliphatic rings. The maximum Gasteiger partial charge on any atom is 0.191 e. The Bertz CT molecular complexity index is 1140. The van der Waals surface area contributed by atoms with Gasteiger partial charge < -0.3 is 5.73 Å². The molecule has 4 nitrogen and oxygen atoms in total. The van der Waals surface area contributed by atoms with E-state index in [0.717, 1.165) is 28.5 Å². The molecule has 30 heavy (non-hydrogen) atoms. The van der Waals surface area contributed by atoms with Crippen LogP contribution >= 0.6 is 15.9 Å². The minimum atomic E-state index is -1.58. The largest absolute Gasteiger partial charge is 0.399 e. The summed E-state index contributed by atoms with van der Waals surface area (Å²) in [6.45, 7) is 0. The number of nitrogens with two attached hydrogens (primary N) is 1. The highest BCUT2D eigenvalue weighted by Gasteiger charge is 2.54. The number of halogens is 1. The summed E-state index contributed by atoms with van der Waals surface area (Å²) in [4.78, 5) is 0. The maximum absolute atomic E-state index is 10.2. The predicted octanol–water partition coefficient (Wildman–Crippen LogP) is 5.44. The van der Waals surface area contributed by atoms with Crippen molar-refractivity contribution in [2.75, 3.05) is 0 Å². The summed E-state index contributed by atoms with van der Waals surface area (Å²) in [7, 11) is 0. The Kier molecular flexibility index (Phi) is 5.21. The Morgan fingerprint density at radius 1 is 0.933 bits per heavy atom. The highest BCUT2D eigenvalue weighted by molar-refractivity contribution is 9.10. The van der Waals surface area contributed by atoms with Gasteiger partial charge in [-0.25, -0.2) is 0 Å². The van der Waals surface area contributed by atoms with Crippen molar-refractivity contribution in [1.82, 2.24) is 0 Å². The van der Waals surface area contributed by atoms with Crippen LogP contribution in [0.4, 0.5) is 0 Å². The summed E-state index contributed by atoms with van der Waals surface area (Å²) < 4.78 is 0.921. The van der Waals surface area contributed by atoms with Crippen LogP contribution in [0.1, 0.15) is 35.8 Å². The molecule has 5 heteroatoms. The van der Waals surface area contributed by atoms with E-state index in [1.807, 2.05) is 42.5 Å². The molecule has 0 radical (unpaired) electrons. The fraction of sp³-hybridized carbons (Fsp3) is 0.240. The minimum Gasteiger partial charge on any atom is -0.399 e. The molecule has 0 amide bonds. The molecule has 2 N–H and O–H groups in total. The van der Waals surface area contributed by atoms with Crippen molar-refractivity contribution in [2.24, 2.45) is 17.1 Å². The van der Waals surface area contributed by atoms with Gasteiger partial charge in [0.25, 0.3) is 0 Å². The molecule has 0 spiro atoms. The Morgan fingerprint density at radius 3 is 2.20 bits per heavy atom. The van der Waals surface area contributed by atoms with E-state index in [1.165, 1.54) is 5.56 Å². The normalized spacial score (nSPS) is 24.6. The van der Waals surface area contributed by atoms with Gasteiger partial charge in [0.15, 0.2) is 5.41 Å². The summed E-state index contributed by atoms with van der Waals surface area (Å²) in [5, 5.41) is 30.2. The number of allylic oxidation sites excluding steroid dienone is 4. The van der Waals surface area contributed by atoms with Gasteiger partial charge in [0.2, 0.25) is 0 Å². The third kappa shape index (κ3) is 3.02. The molecule has 2 aromatic carbocycles. The van der Waals surface area contributed by atoms with Crippen LogP contribution in [-0.2, 0) is 0 Å². The average Bonchev–Trinajstić information content (AvgIpc) is 2.79. The molecule has 0 fully saturated rings. The van der Waals surface area contributed by atoms with Gasteiger partial charge in [0.05, 0.1) is 23.4 Å². The predicted molar refractivity (Wildman–Crippen MR) is 117 cm³/mol. The maximum atomic E-state index is 10.2. The van der Waals surface area contributed by atoms with Gasteiger partial charge >= 0.3 is 0 Å². The van der Waals surface area contributed by atoms with Crippen molar-refractivity contribution < 1.29 is 0 Å². The van der Waals surface area contributed by atoms with Crippen molar-refractivity contribution in [3.05, 3.63) is 93.1 Å². The first-order chi connectivity index (χ1) is 14.6. The molecule has 2 aromatic rings. The third-order valence-corrected chi connectivity index (χ3v) is 6.91. The molecule has 0 aromatic heterocycles. The van der Waals surface area contributed by atoms with E-state index < -0.39 is 11.3 Å². The highest BCUT2D eigenvalue weighted by atomic mass is 79.9. The molecule has 2 aliphatic carbocycles. The van der Waals surface area contributed by atoms with E-state index in [9.17, 15) is 15.8 Å². The molecular formula is C25H19BrN4. The first-order valence-electron chi connectivity index (χ1n) is 9.79. The summed E-state index contributed by atoms with van der Waals surface area (Å²) in [5.41, 5.74) is 8.12. The molecule has 146 valence electrons.